The van der Waals surface area contributed by atoms with Gasteiger partial charge in [0.2, 0.25) is 12.7 Å². The number of carbonyl (C=O) groups is 2. The van der Waals surface area contributed by atoms with Crippen molar-refractivity contribution in [1.29, 1.82) is 0 Å². The van der Waals surface area contributed by atoms with Crippen molar-refractivity contribution in [1.82, 2.24) is 9.13 Å². The van der Waals surface area contributed by atoms with Crippen LogP contribution in [0.5, 0.6) is 0 Å². The van der Waals surface area contributed by atoms with Crippen molar-refractivity contribution in [2.45, 2.75) is 39.8 Å². The lowest BCUT2D eigenvalue weighted by molar-refractivity contribution is -0.671. The summed E-state index contributed by atoms with van der Waals surface area (Å²) >= 11 is 0. The zero-order valence-electron chi connectivity index (χ0n) is 14.7. The van der Waals surface area contributed by atoms with Gasteiger partial charge in [0.05, 0.1) is 27.2 Å². The summed E-state index contributed by atoms with van der Waals surface area (Å²) in [6.45, 7) is 6.36. The largest absolute Gasteiger partial charge is 0.550 e. The van der Waals surface area contributed by atoms with Crippen LogP contribution in [-0.2, 0) is 36.8 Å². The smallest absolute Gasteiger partial charge is 0.243 e. The molecule has 0 aliphatic rings. The molecular weight excluding hydrogens is 312 g/mol. The molecule has 2 aromatic rings. The maximum Gasteiger partial charge on any atom is 0.243 e. The van der Waals surface area contributed by atoms with Gasteiger partial charge >= 0.3 is 0 Å². The molecule has 8 nitrogen and oxygen atoms in total. The number of carboxylic acids is 2. The molecule has 0 bridgehead atoms. The third-order valence-electron chi connectivity index (χ3n) is 2.91. The summed E-state index contributed by atoms with van der Waals surface area (Å²) in [4.78, 5) is 19.0. The SMILES string of the molecule is CCn1cc[n+](C)c1.CCn1cc[n+](C)c1.O=C([O-])CCC(=O)[O-]. The van der Waals surface area contributed by atoms with Crippen LogP contribution in [-0.4, -0.2) is 21.1 Å². The van der Waals surface area contributed by atoms with Gasteiger partial charge in [-0.3, -0.25) is 0 Å². The normalized spacial score (nSPS) is 9.33. The van der Waals surface area contributed by atoms with Gasteiger partial charge in [0.15, 0.2) is 0 Å². The van der Waals surface area contributed by atoms with Crippen LogP contribution in [0.25, 0.3) is 0 Å². The minimum Gasteiger partial charge on any atom is -0.550 e. The van der Waals surface area contributed by atoms with Crippen LogP contribution in [0.4, 0.5) is 0 Å². The quantitative estimate of drug-likeness (QED) is 0.585. The molecule has 0 spiro atoms. The second-order valence-electron chi connectivity index (χ2n) is 5.06. The number of nitrogens with zero attached hydrogens (tertiary/aromatic N) is 4. The van der Waals surface area contributed by atoms with E-state index in [-0.39, 0.29) is 0 Å². The fraction of sp³-hybridized carbons (Fsp3) is 0.500. The third kappa shape index (κ3) is 11.0. The summed E-state index contributed by atoms with van der Waals surface area (Å²) in [6.07, 6.45) is 11.3. The lowest BCUT2D eigenvalue weighted by atomic mass is 10.3. The van der Waals surface area contributed by atoms with Crippen molar-refractivity contribution in [3.8, 4) is 0 Å². The van der Waals surface area contributed by atoms with Crippen molar-refractivity contribution < 1.29 is 28.9 Å². The molecule has 0 radical (unpaired) electrons. The molecule has 2 aromatic heterocycles. The van der Waals surface area contributed by atoms with Gasteiger partial charge in [0, 0.05) is 11.9 Å². The monoisotopic (exact) mass is 338 g/mol. The Morgan fingerprint density at radius 3 is 1.29 bits per heavy atom. The van der Waals surface area contributed by atoms with E-state index < -0.39 is 24.8 Å². The van der Waals surface area contributed by atoms with Crippen LogP contribution in [0.3, 0.4) is 0 Å². The summed E-state index contributed by atoms with van der Waals surface area (Å²) in [5.41, 5.74) is 0. The molecule has 0 aliphatic heterocycles. The first-order chi connectivity index (χ1) is 11.3. The van der Waals surface area contributed by atoms with E-state index in [2.05, 4.69) is 48.0 Å². The van der Waals surface area contributed by atoms with E-state index in [1.807, 2.05) is 35.6 Å². The van der Waals surface area contributed by atoms with E-state index in [0.717, 1.165) is 13.1 Å². The number of aryl methyl sites for hydroxylation is 4. The molecule has 0 N–H and O–H groups in total. The van der Waals surface area contributed by atoms with E-state index in [4.69, 9.17) is 0 Å². The summed E-state index contributed by atoms with van der Waals surface area (Å²) in [5.74, 6) is -2.73. The number of carboxylic acid groups (broad SMARTS) is 2. The zero-order chi connectivity index (χ0) is 18.5. The minimum atomic E-state index is -1.37. The second-order valence-corrected chi connectivity index (χ2v) is 5.06. The van der Waals surface area contributed by atoms with Crippen molar-refractivity contribution >= 4 is 11.9 Å². The Morgan fingerprint density at radius 2 is 1.17 bits per heavy atom. The first-order valence-electron chi connectivity index (χ1n) is 7.70. The van der Waals surface area contributed by atoms with E-state index in [9.17, 15) is 19.8 Å². The predicted octanol–water partition coefficient (Wildman–Crippen LogP) is -2.07. The van der Waals surface area contributed by atoms with E-state index in [1.165, 1.54) is 0 Å². The molecule has 2 rings (SSSR count). The van der Waals surface area contributed by atoms with Crippen molar-refractivity contribution in [2.75, 3.05) is 0 Å². The molecular formula is C16H26N4O4. The molecule has 0 aromatic carbocycles. The maximum absolute atomic E-state index is 9.50. The van der Waals surface area contributed by atoms with Crippen molar-refractivity contribution in [3.05, 3.63) is 37.4 Å². The Kier molecular flexibility index (Phi) is 10.6. The summed E-state index contributed by atoms with van der Waals surface area (Å²) in [7, 11) is 4.04. The number of rotatable bonds is 5. The highest BCUT2D eigenvalue weighted by molar-refractivity contribution is 5.72. The van der Waals surface area contributed by atoms with Crippen LogP contribution < -0.4 is 19.3 Å². The number of aliphatic carboxylic acids is 2. The predicted molar refractivity (Wildman–Crippen MR) is 81.8 cm³/mol. The molecule has 24 heavy (non-hydrogen) atoms. The van der Waals surface area contributed by atoms with Gasteiger partial charge in [-0.2, -0.15) is 0 Å². The van der Waals surface area contributed by atoms with Crippen LogP contribution in [0.2, 0.25) is 0 Å². The molecule has 0 aliphatic carbocycles. The Hall–Kier alpha value is -2.64. The average molecular weight is 338 g/mol. The lowest BCUT2D eigenvalue weighted by Crippen LogP contribution is -2.27. The molecule has 0 amide bonds. The van der Waals surface area contributed by atoms with Crippen LogP contribution in [0, 0.1) is 0 Å². The standard InChI is InChI=1S/2C6H11N2.C4H6O4/c2*1-3-8-5-4-7(2)6-8;5-3(6)1-2-4(7)8/h2*4-6H,3H2,1-2H3;1-2H2,(H,5,6)(H,7,8)/q2*+1;/p-2. The van der Waals surface area contributed by atoms with Crippen molar-refractivity contribution in [2.24, 2.45) is 14.1 Å². The Labute approximate surface area is 142 Å². The van der Waals surface area contributed by atoms with Gasteiger partial charge in [0.25, 0.3) is 0 Å². The first-order valence-corrected chi connectivity index (χ1v) is 7.70. The highest BCUT2D eigenvalue weighted by atomic mass is 16.4. The average Bonchev–Trinajstić information content (AvgIpc) is 3.14. The highest BCUT2D eigenvalue weighted by Crippen LogP contribution is 1.81. The van der Waals surface area contributed by atoms with Crippen LogP contribution in [0.1, 0.15) is 26.7 Å². The number of aromatic nitrogens is 4. The molecule has 0 saturated carbocycles. The Balaban J connectivity index is 0.000000331. The summed E-state index contributed by atoms with van der Waals surface area (Å²) < 4.78 is 8.31. The fourth-order valence-electron chi connectivity index (χ4n) is 1.58. The van der Waals surface area contributed by atoms with Gasteiger partial charge in [-0.25, -0.2) is 18.3 Å². The highest BCUT2D eigenvalue weighted by Gasteiger charge is 1.93. The molecule has 0 unspecified atom stereocenters. The first kappa shape index (κ1) is 21.4. The summed E-state index contributed by atoms with van der Waals surface area (Å²) in [5, 5.41) is 19.0. The van der Waals surface area contributed by atoms with Gasteiger partial charge < -0.3 is 19.8 Å². The van der Waals surface area contributed by atoms with Crippen LogP contribution >= 0.6 is 0 Å². The second kappa shape index (κ2) is 11.9. The molecule has 0 fully saturated rings. The minimum absolute atomic E-state index is 0.470. The third-order valence-corrected chi connectivity index (χ3v) is 2.91. The zero-order valence-corrected chi connectivity index (χ0v) is 14.7. The van der Waals surface area contributed by atoms with Crippen molar-refractivity contribution in [3.63, 3.8) is 0 Å². The van der Waals surface area contributed by atoms with E-state index >= 15 is 0 Å². The number of hydrogen-bond donors (Lipinski definition) is 0. The maximum atomic E-state index is 9.50. The molecule has 2 heterocycles. The van der Waals surface area contributed by atoms with Gasteiger partial charge in [-0.1, -0.05) is 0 Å². The number of hydrogen-bond acceptors (Lipinski definition) is 4. The number of imidazole rings is 2. The molecule has 134 valence electrons. The molecule has 0 atom stereocenters. The Bertz CT molecular complexity index is 565. The fourth-order valence-corrected chi connectivity index (χ4v) is 1.58. The summed E-state index contributed by atoms with van der Waals surface area (Å²) in [6, 6.07) is 0. The van der Waals surface area contributed by atoms with Gasteiger partial charge in [0.1, 0.15) is 24.8 Å². The van der Waals surface area contributed by atoms with Crippen LogP contribution in [0.15, 0.2) is 37.4 Å². The van der Waals surface area contributed by atoms with E-state index in [1.54, 1.807) is 0 Å². The van der Waals surface area contributed by atoms with Gasteiger partial charge in [-0.15, -0.1) is 0 Å². The molecule has 0 saturated heterocycles. The number of carbonyl (C=O) groups excluding carboxylic acids is 2. The Morgan fingerprint density at radius 1 is 0.833 bits per heavy atom. The topological polar surface area (TPSA) is 97.9 Å². The lowest BCUT2D eigenvalue weighted by Gasteiger charge is -2.00. The molecule has 8 heteroatoms. The van der Waals surface area contributed by atoms with E-state index in [0.29, 0.717) is 0 Å². The van der Waals surface area contributed by atoms with Gasteiger partial charge in [-0.05, 0) is 26.7 Å².